The molecule has 100 valence electrons. The molecule has 2 aliphatic rings. The molecule has 0 spiro atoms. The van der Waals surface area contributed by atoms with Gasteiger partial charge in [-0.25, -0.2) is 4.79 Å². The van der Waals surface area contributed by atoms with Crippen molar-refractivity contribution < 1.29 is 9.63 Å². The molecular weight excluding hydrogens is 242 g/mol. The normalized spacial score (nSPS) is 25.8. The van der Waals surface area contributed by atoms with Crippen molar-refractivity contribution in [3.8, 4) is 0 Å². The van der Waals surface area contributed by atoms with Gasteiger partial charge in [0, 0.05) is 12.8 Å². The van der Waals surface area contributed by atoms with Gasteiger partial charge in [-0.2, -0.15) is 5.06 Å². The standard InChI is InChI=1S/C14H17N3O2/c15-8-12-6-7-13-9-16(12)14(18)17(13)19-10-11-4-2-1-3-5-11/h1-5,8,12-13,15H,6-7,9-10H2/t12-,13-/m0/s1. The van der Waals surface area contributed by atoms with E-state index in [0.29, 0.717) is 13.2 Å². The molecule has 0 radical (unpaired) electrons. The van der Waals surface area contributed by atoms with Crippen LogP contribution in [0.5, 0.6) is 0 Å². The Bertz CT molecular complexity index is 477. The lowest BCUT2D eigenvalue weighted by molar-refractivity contribution is -0.140. The number of nitrogens with one attached hydrogen (secondary N) is 1. The summed E-state index contributed by atoms with van der Waals surface area (Å²) in [6.07, 6.45) is 3.11. The van der Waals surface area contributed by atoms with Gasteiger partial charge in [0.15, 0.2) is 0 Å². The summed E-state index contributed by atoms with van der Waals surface area (Å²) in [6, 6.07) is 9.79. The van der Waals surface area contributed by atoms with Crippen molar-refractivity contribution in [3.05, 3.63) is 35.9 Å². The van der Waals surface area contributed by atoms with Crippen molar-refractivity contribution in [2.75, 3.05) is 6.54 Å². The number of nitrogens with zero attached hydrogens (tertiary/aromatic N) is 2. The smallest absolute Gasteiger partial charge is 0.313 e. The Hall–Kier alpha value is -1.88. The number of rotatable bonds is 4. The maximum absolute atomic E-state index is 12.2. The molecule has 2 fully saturated rings. The second-order valence-electron chi connectivity index (χ2n) is 4.98. The monoisotopic (exact) mass is 259 g/mol. The van der Waals surface area contributed by atoms with Crippen LogP contribution in [0.2, 0.25) is 0 Å². The zero-order valence-electron chi connectivity index (χ0n) is 10.7. The maximum Gasteiger partial charge on any atom is 0.344 e. The number of carbonyl (C=O) groups excluding carboxylic acids is 1. The Balaban J connectivity index is 1.66. The van der Waals surface area contributed by atoms with Gasteiger partial charge in [-0.15, -0.1) is 0 Å². The molecule has 2 aliphatic heterocycles. The molecule has 2 amide bonds. The number of fused-ring (bicyclic) bond motifs is 2. The highest BCUT2D eigenvalue weighted by Crippen LogP contribution is 2.29. The summed E-state index contributed by atoms with van der Waals surface area (Å²) >= 11 is 0. The first kappa shape index (κ1) is 12.2. The second kappa shape index (κ2) is 5.01. The molecule has 2 atom stereocenters. The topological polar surface area (TPSA) is 56.6 Å². The minimum absolute atomic E-state index is 0.0610. The average molecular weight is 259 g/mol. The van der Waals surface area contributed by atoms with Crippen LogP contribution in [0.4, 0.5) is 4.79 Å². The molecule has 0 saturated carbocycles. The van der Waals surface area contributed by atoms with Gasteiger partial charge in [0.05, 0.1) is 12.1 Å². The molecule has 19 heavy (non-hydrogen) atoms. The van der Waals surface area contributed by atoms with Crippen molar-refractivity contribution in [1.82, 2.24) is 9.96 Å². The molecule has 2 bridgehead atoms. The molecule has 5 heteroatoms. The number of hydrogen-bond acceptors (Lipinski definition) is 3. The third-order valence-electron chi connectivity index (χ3n) is 3.77. The van der Waals surface area contributed by atoms with Crippen molar-refractivity contribution in [3.63, 3.8) is 0 Å². The molecule has 5 nitrogen and oxygen atoms in total. The molecule has 1 aromatic carbocycles. The van der Waals surface area contributed by atoms with Gasteiger partial charge in [0.25, 0.3) is 0 Å². The third kappa shape index (κ3) is 2.21. The van der Waals surface area contributed by atoms with Crippen molar-refractivity contribution in [2.45, 2.75) is 31.5 Å². The van der Waals surface area contributed by atoms with Crippen LogP contribution in [-0.2, 0) is 11.4 Å². The van der Waals surface area contributed by atoms with Crippen molar-refractivity contribution in [2.24, 2.45) is 0 Å². The fraction of sp³-hybridized carbons (Fsp3) is 0.429. The van der Waals surface area contributed by atoms with Gasteiger partial charge in [0.1, 0.15) is 6.61 Å². The van der Waals surface area contributed by atoms with Crippen molar-refractivity contribution >= 4 is 12.2 Å². The first-order valence-corrected chi connectivity index (χ1v) is 6.57. The zero-order valence-corrected chi connectivity index (χ0v) is 10.7. The minimum Gasteiger partial charge on any atom is -0.313 e. The third-order valence-corrected chi connectivity index (χ3v) is 3.77. The minimum atomic E-state index is -0.105. The highest BCUT2D eigenvalue weighted by molar-refractivity contribution is 5.81. The number of urea groups is 1. The van der Waals surface area contributed by atoms with Crippen LogP contribution in [-0.4, -0.2) is 40.8 Å². The molecule has 3 rings (SSSR count). The zero-order chi connectivity index (χ0) is 13.2. The number of hydroxylamine groups is 2. The van der Waals surface area contributed by atoms with Crippen LogP contribution in [0.25, 0.3) is 0 Å². The maximum atomic E-state index is 12.2. The molecule has 0 aromatic heterocycles. The average Bonchev–Trinajstić information content (AvgIpc) is 2.71. The first-order chi connectivity index (χ1) is 9.29. The molecule has 2 saturated heterocycles. The number of carbonyl (C=O) groups is 1. The molecule has 1 aromatic rings. The van der Waals surface area contributed by atoms with Crippen LogP contribution < -0.4 is 0 Å². The van der Waals surface area contributed by atoms with E-state index in [-0.39, 0.29) is 18.1 Å². The van der Waals surface area contributed by atoms with Crippen LogP contribution in [0.1, 0.15) is 18.4 Å². The van der Waals surface area contributed by atoms with Gasteiger partial charge in [0.2, 0.25) is 0 Å². The van der Waals surface area contributed by atoms with Crippen LogP contribution in [0.3, 0.4) is 0 Å². The lowest BCUT2D eigenvalue weighted by Crippen LogP contribution is -2.40. The SMILES string of the molecule is N=C[C@@H]1CC[C@H]2CN1C(=O)N2OCc1ccccc1. The number of amides is 2. The van der Waals surface area contributed by atoms with E-state index in [2.05, 4.69) is 0 Å². The predicted molar refractivity (Wildman–Crippen MR) is 70.8 cm³/mol. The highest BCUT2D eigenvalue weighted by atomic mass is 16.7. The Labute approximate surface area is 112 Å². The molecule has 0 aliphatic carbocycles. The number of benzene rings is 1. The van der Waals surface area contributed by atoms with E-state index in [4.69, 9.17) is 10.2 Å². The van der Waals surface area contributed by atoms with Gasteiger partial charge < -0.3 is 10.3 Å². The Morgan fingerprint density at radius 3 is 2.84 bits per heavy atom. The van der Waals surface area contributed by atoms with Crippen LogP contribution in [0, 0.1) is 5.41 Å². The molecule has 1 N–H and O–H groups in total. The van der Waals surface area contributed by atoms with Crippen LogP contribution in [0.15, 0.2) is 30.3 Å². The van der Waals surface area contributed by atoms with Gasteiger partial charge >= 0.3 is 6.03 Å². The Kier molecular flexibility index (Phi) is 3.21. The van der Waals surface area contributed by atoms with E-state index >= 15 is 0 Å². The van der Waals surface area contributed by atoms with E-state index in [1.54, 1.807) is 4.90 Å². The lowest BCUT2D eigenvalue weighted by atomic mass is 10.0. The molecule has 2 heterocycles. The molecular formula is C14H17N3O2. The lowest BCUT2D eigenvalue weighted by Gasteiger charge is -2.26. The quantitative estimate of drug-likeness (QED) is 0.841. The summed E-state index contributed by atoms with van der Waals surface area (Å²) in [5.74, 6) is 0. The summed E-state index contributed by atoms with van der Waals surface area (Å²) in [5.41, 5.74) is 1.05. The van der Waals surface area contributed by atoms with Crippen LogP contribution >= 0.6 is 0 Å². The van der Waals surface area contributed by atoms with E-state index in [0.717, 1.165) is 18.4 Å². The summed E-state index contributed by atoms with van der Waals surface area (Å²) < 4.78 is 0. The summed E-state index contributed by atoms with van der Waals surface area (Å²) in [4.78, 5) is 19.6. The second-order valence-corrected chi connectivity index (χ2v) is 4.98. The van der Waals surface area contributed by atoms with E-state index in [1.165, 1.54) is 11.3 Å². The largest absolute Gasteiger partial charge is 0.344 e. The summed E-state index contributed by atoms with van der Waals surface area (Å²) in [6.45, 7) is 1.08. The number of hydrogen-bond donors (Lipinski definition) is 1. The fourth-order valence-electron chi connectivity index (χ4n) is 2.72. The van der Waals surface area contributed by atoms with Gasteiger partial charge in [-0.3, -0.25) is 4.84 Å². The van der Waals surface area contributed by atoms with E-state index in [1.807, 2.05) is 30.3 Å². The van der Waals surface area contributed by atoms with E-state index in [9.17, 15) is 4.79 Å². The predicted octanol–water partition coefficient (Wildman–Crippen LogP) is 2.04. The molecule has 0 unspecified atom stereocenters. The summed E-state index contributed by atoms with van der Waals surface area (Å²) in [5, 5.41) is 8.86. The first-order valence-electron chi connectivity index (χ1n) is 6.57. The van der Waals surface area contributed by atoms with E-state index < -0.39 is 0 Å². The van der Waals surface area contributed by atoms with Gasteiger partial charge in [-0.05, 0) is 18.4 Å². The Morgan fingerprint density at radius 1 is 1.32 bits per heavy atom. The number of piperidine rings is 1. The van der Waals surface area contributed by atoms with Crippen molar-refractivity contribution in [1.29, 1.82) is 5.41 Å². The summed E-state index contributed by atoms with van der Waals surface area (Å²) in [7, 11) is 0. The fourth-order valence-corrected chi connectivity index (χ4v) is 2.72. The Morgan fingerprint density at radius 2 is 2.11 bits per heavy atom. The van der Waals surface area contributed by atoms with Gasteiger partial charge in [-0.1, -0.05) is 30.3 Å². The highest BCUT2D eigenvalue weighted by Gasteiger charge is 2.44.